The molecule has 4 rings (SSSR count). The molecule has 0 atom stereocenters. The number of furan rings is 1. The third-order valence-corrected chi connectivity index (χ3v) is 7.28. The van der Waals surface area contributed by atoms with Crippen molar-refractivity contribution in [2.24, 2.45) is 0 Å². The summed E-state index contributed by atoms with van der Waals surface area (Å²) in [7, 11) is -3.84. The molecular formula is C22H25N5O4S. The highest BCUT2D eigenvalue weighted by molar-refractivity contribution is 7.91. The maximum atomic E-state index is 13.0. The van der Waals surface area contributed by atoms with Crippen LogP contribution in [-0.4, -0.2) is 55.4 Å². The quantitative estimate of drug-likeness (QED) is 0.623. The molecular weight excluding hydrogens is 430 g/mol. The Kier molecular flexibility index (Phi) is 5.88. The Morgan fingerprint density at radius 3 is 2.34 bits per heavy atom. The lowest BCUT2D eigenvalue weighted by molar-refractivity contribution is 0.0714. The third kappa shape index (κ3) is 4.18. The van der Waals surface area contributed by atoms with E-state index in [-0.39, 0.29) is 21.5 Å². The third-order valence-electron chi connectivity index (χ3n) is 5.50. The van der Waals surface area contributed by atoms with Gasteiger partial charge in [0.1, 0.15) is 10.7 Å². The Morgan fingerprint density at radius 1 is 1.09 bits per heavy atom. The predicted molar refractivity (Wildman–Crippen MR) is 119 cm³/mol. The topological polar surface area (TPSA) is 123 Å². The molecule has 10 heteroatoms. The van der Waals surface area contributed by atoms with Crippen molar-refractivity contribution < 1.29 is 17.6 Å². The molecule has 0 aliphatic carbocycles. The monoisotopic (exact) mass is 455 g/mol. The highest BCUT2D eigenvalue weighted by Crippen LogP contribution is 2.27. The first-order chi connectivity index (χ1) is 15.3. The molecule has 0 saturated carbocycles. The summed E-state index contributed by atoms with van der Waals surface area (Å²) >= 11 is 0. The number of nitrogens with zero attached hydrogens (tertiary/aromatic N) is 4. The van der Waals surface area contributed by atoms with E-state index in [9.17, 15) is 13.2 Å². The van der Waals surface area contributed by atoms with Gasteiger partial charge in [0, 0.05) is 26.2 Å². The summed E-state index contributed by atoms with van der Waals surface area (Å²) in [6.45, 7) is 6.00. The number of hydrogen-bond acceptors (Lipinski definition) is 8. The van der Waals surface area contributed by atoms with Crippen LogP contribution in [0.3, 0.4) is 0 Å². The number of anilines is 2. The molecule has 2 N–H and O–H groups in total. The van der Waals surface area contributed by atoms with E-state index in [1.165, 1.54) is 12.5 Å². The van der Waals surface area contributed by atoms with Crippen LogP contribution < -0.4 is 10.6 Å². The molecule has 168 valence electrons. The van der Waals surface area contributed by atoms with Crippen LogP contribution in [0, 0.1) is 0 Å². The van der Waals surface area contributed by atoms with E-state index in [1.807, 2.05) is 18.7 Å². The molecule has 1 amide bonds. The Balaban J connectivity index is 1.48. The van der Waals surface area contributed by atoms with Crippen LogP contribution in [0.1, 0.15) is 35.9 Å². The smallest absolute Gasteiger partial charge is 0.289 e. The molecule has 3 heterocycles. The normalized spacial score (nSPS) is 14.7. The zero-order valence-corrected chi connectivity index (χ0v) is 18.7. The van der Waals surface area contributed by atoms with Crippen molar-refractivity contribution in [3.8, 4) is 0 Å². The fourth-order valence-corrected chi connectivity index (χ4v) is 4.82. The number of piperazine rings is 1. The molecule has 1 saturated heterocycles. The molecule has 0 spiro atoms. The van der Waals surface area contributed by atoms with Crippen molar-refractivity contribution in [2.45, 2.75) is 29.6 Å². The maximum Gasteiger partial charge on any atom is 0.289 e. The minimum Gasteiger partial charge on any atom is -0.459 e. The fourth-order valence-electron chi connectivity index (χ4n) is 3.56. The van der Waals surface area contributed by atoms with Gasteiger partial charge in [0.2, 0.25) is 15.8 Å². The first kappa shape index (κ1) is 21.8. The molecule has 3 aromatic rings. The number of nitrogens with two attached hydrogens (primary N) is 1. The van der Waals surface area contributed by atoms with Crippen molar-refractivity contribution in [3.63, 3.8) is 0 Å². The van der Waals surface area contributed by atoms with E-state index >= 15 is 0 Å². The summed E-state index contributed by atoms with van der Waals surface area (Å²) in [5.41, 5.74) is 7.08. The van der Waals surface area contributed by atoms with Crippen LogP contribution in [0.25, 0.3) is 0 Å². The van der Waals surface area contributed by atoms with Gasteiger partial charge < -0.3 is 20.0 Å². The number of carbonyl (C=O) groups is 1. The summed E-state index contributed by atoms with van der Waals surface area (Å²) in [4.78, 5) is 24.5. The lowest BCUT2D eigenvalue weighted by Crippen LogP contribution is -2.49. The Bertz CT molecular complexity index is 1200. The molecule has 0 bridgehead atoms. The van der Waals surface area contributed by atoms with E-state index in [2.05, 4.69) is 9.97 Å². The first-order valence-electron chi connectivity index (χ1n) is 10.3. The van der Waals surface area contributed by atoms with Gasteiger partial charge in [-0.15, -0.1) is 0 Å². The fraction of sp³-hybridized carbons (Fsp3) is 0.318. The van der Waals surface area contributed by atoms with E-state index in [0.29, 0.717) is 43.8 Å². The van der Waals surface area contributed by atoms with Gasteiger partial charge in [-0.2, -0.15) is 4.98 Å². The second-order valence-electron chi connectivity index (χ2n) is 7.90. The Morgan fingerprint density at radius 2 is 1.78 bits per heavy atom. The van der Waals surface area contributed by atoms with Crippen LogP contribution in [0.15, 0.2) is 63.1 Å². The Hall–Kier alpha value is -3.40. The molecule has 1 aliphatic heterocycles. The second kappa shape index (κ2) is 8.62. The minimum atomic E-state index is -3.84. The van der Waals surface area contributed by atoms with Gasteiger partial charge in [-0.25, -0.2) is 13.4 Å². The van der Waals surface area contributed by atoms with Crippen molar-refractivity contribution in [3.05, 3.63) is 60.2 Å². The highest BCUT2D eigenvalue weighted by atomic mass is 32.2. The number of rotatable bonds is 5. The molecule has 0 unspecified atom stereocenters. The van der Waals surface area contributed by atoms with Crippen LogP contribution >= 0.6 is 0 Å². The van der Waals surface area contributed by atoms with E-state index in [4.69, 9.17) is 10.2 Å². The maximum absolute atomic E-state index is 13.0. The number of carbonyl (C=O) groups excluding carboxylic acids is 1. The van der Waals surface area contributed by atoms with Crippen molar-refractivity contribution >= 4 is 27.5 Å². The van der Waals surface area contributed by atoms with Gasteiger partial charge in [-0.05, 0) is 35.7 Å². The van der Waals surface area contributed by atoms with Gasteiger partial charge in [-0.1, -0.05) is 26.0 Å². The van der Waals surface area contributed by atoms with Crippen LogP contribution in [0.5, 0.6) is 0 Å². The molecule has 2 aromatic heterocycles. The lowest BCUT2D eigenvalue weighted by atomic mass is 10.0. The Labute approximate surface area is 186 Å². The number of benzene rings is 1. The summed E-state index contributed by atoms with van der Waals surface area (Å²) in [5.74, 6) is 0.669. The number of aromatic nitrogens is 2. The van der Waals surface area contributed by atoms with Gasteiger partial charge >= 0.3 is 0 Å². The summed E-state index contributed by atoms with van der Waals surface area (Å²) in [6.07, 6.45) is 2.72. The van der Waals surface area contributed by atoms with Gasteiger partial charge in [0.05, 0.1) is 17.4 Å². The molecule has 1 aliphatic rings. The zero-order valence-electron chi connectivity index (χ0n) is 17.9. The molecule has 9 nitrogen and oxygen atoms in total. The second-order valence-corrected chi connectivity index (χ2v) is 9.82. The van der Waals surface area contributed by atoms with Crippen LogP contribution in [0.2, 0.25) is 0 Å². The SMILES string of the molecule is CC(C)c1ccc(S(=O)(=O)c2cnc(N3CCN(C(=O)c4ccco4)CC3)nc2N)cc1. The highest BCUT2D eigenvalue weighted by Gasteiger charge is 2.27. The first-order valence-corrected chi connectivity index (χ1v) is 11.8. The van der Waals surface area contributed by atoms with E-state index < -0.39 is 9.84 Å². The van der Waals surface area contributed by atoms with Crippen molar-refractivity contribution in [1.29, 1.82) is 0 Å². The van der Waals surface area contributed by atoms with Crippen molar-refractivity contribution in [2.75, 3.05) is 36.8 Å². The molecule has 32 heavy (non-hydrogen) atoms. The van der Waals surface area contributed by atoms with Gasteiger partial charge in [0.15, 0.2) is 5.76 Å². The van der Waals surface area contributed by atoms with Gasteiger partial charge in [0.25, 0.3) is 5.91 Å². The van der Waals surface area contributed by atoms with E-state index in [0.717, 1.165) is 5.56 Å². The number of amides is 1. The zero-order chi connectivity index (χ0) is 22.9. The number of sulfone groups is 1. The van der Waals surface area contributed by atoms with Crippen LogP contribution in [0.4, 0.5) is 11.8 Å². The summed E-state index contributed by atoms with van der Waals surface area (Å²) in [6, 6.07) is 10.1. The molecule has 1 aromatic carbocycles. The summed E-state index contributed by atoms with van der Waals surface area (Å²) in [5, 5.41) is 0. The number of nitrogen functional groups attached to an aromatic ring is 1. The summed E-state index contributed by atoms with van der Waals surface area (Å²) < 4.78 is 31.2. The average molecular weight is 456 g/mol. The van der Waals surface area contributed by atoms with Gasteiger partial charge in [-0.3, -0.25) is 4.79 Å². The average Bonchev–Trinajstić information content (AvgIpc) is 3.33. The molecule has 1 fully saturated rings. The largest absolute Gasteiger partial charge is 0.459 e. The van der Waals surface area contributed by atoms with E-state index in [1.54, 1.807) is 41.3 Å². The van der Waals surface area contributed by atoms with Crippen LogP contribution in [-0.2, 0) is 9.84 Å². The number of hydrogen-bond donors (Lipinski definition) is 1. The lowest BCUT2D eigenvalue weighted by Gasteiger charge is -2.34. The predicted octanol–water partition coefficient (Wildman–Crippen LogP) is 2.57. The molecule has 0 radical (unpaired) electrons. The standard InChI is InChI=1S/C22H25N5O4S/c1-15(2)16-5-7-17(8-6-16)32(29,30)19-14-24-22(25-20(19)23)27-11-9-26(10-12-27)21(28)18-4-3-13-31-18/h3-8,13-15H,9-12H2,1-2H3,(H2,23,24,25). The van der Waals surface area contributed by atoms with Crippen molar-refractivity contribution in [1.82, 2.24) is 14.9 Å². The minimum absolute atomic E-state index is 0.1000.